The molecular formula is C21H19N3O4. The minimum absolute atomic E-state index is 0.189. The van der Waals surface area contributed by atoms with Crippen LogP contribution in [0.4, 0.5) is 21.0 Å². The number of ether oxygens (including phenoxy) is 2. The average molecular weight is 377 g/mol. The number of primary amides is 1. The zero-order chi connectivity index (χ0) is 19.8. The fourth-order valence-electron chi connectivity index (χ4n) is 2.40. The van der Waals surface area contributed by atoms with E-state index in [2.05, 4.69) is 10.6 Å². The highest BCUT2D eigenvalue weighted by Gasteiger charge is 2.06. The largest absolute Gasteiger partial charge is 0.457 e. The minimum atomic E-state index is -0.633. The first-order chi connectivity index (χ1) is 13.6. The molecule has 0 bridgehead atoms. The quantitative estimate of drug-likeness (QED) is 0.578. The molecule has 0 heterocycles. The summed E-state index contributed by atoms with van der Waals surface area (Å²) in [5.74, 6) is 1.11. The Labute approximate surface area is 162 Å². The number of carbonyl (C=O) groups is 2. The zero-order valence-corrected chi connectivity index (χ0v) is 14.9. The molecule has 3 amide bonds. The minimum Gasteiger partial charge on any atom is -0.457 e. The number of nitrogens with two attached hydrogens (primary N) is 1. The first-order valence-corrected chi connectivity index (χ1v) is 8.50. The lowest BCUT2D eigenvalue weighted by Crippen LogP contribution is -2.19. The van der Waals surface area contributed by atoms with Gasteiger partial charge in [0.15, 0.2) is 0 Å². The highest BCUT2D eigenvalue weighted by molar-refractivity contribution is 5.87. The average Bonchev–Trinajstić information content (AvgIpc) is 2.69. The lowest BCUT2D eigenvalue weighted by atomic mass is 10.2. The van der Waals surface area contributed by atoms with Gasteiger partial charge in [-0.15, -0.1) is 0 Å². The van der Waals surface area contributed by atoms with Crippen LogP contribution in [0.3, 0.4) is 0 Å². The summed E-state index contributed by atoms with van der Waals surface area (Å²) in [6.45, 7) is 0.189. The van der Waals surface area contributed by atoms with Crippen LogP contribution in [-0.2, 0) is 11.3 Å². The fraction of sp³-hybridized carbons (Fsp3) is 0.0476. The van der Waals surface area contributed by atoms with E-state index in [-0.39, 0.29) is 6.61 Å². The van der Waals surface area contributed by atoms with Gasteiger partial charge in [0.05, 0.1) is 0 Å². The van der Waals surface area contributed by atoms with Crippen LogP contribution in [0.15, 0.2) is 78.9 Å². The van der Waals surface area contributed by atoms with Crippen molar-refractivity contribution in [2.75, 3.05) is 10.6 Å². The monoisotopic (exact) mass is 377 g/mol. The van der Waals surface area contributed by atoms with E-state index in [0.29, 0.717) is 22.9 Å². The van der Waals surface area contributed by atoms with Crippen molar-refractivity contribution in [3.63, 3.8) is 0 Å². The van der Waals surface area contributed by atoms with E-state index in [0.717, 1.165) is 5.56 Å². The molecule has 3 rings (SSSR count). The van der Waals surface area contributed by atoms with Crippen molar-refractivity contribution in [1.82, 2.24) is 0 Å². The van der Waals surface area contributed by atoms with Crippen molar-refractivity contribution in [3.05, 3.63) is 84.4 Å². The Hall–Kier alpha value is -4.00. The van der Waals surface area contributed by atoms with Gasteiger partial charge in [-0.1, -0.05) is 36.4 Å². The smallest absolute Gasteiger partial charge is 0.411 e. The molecule has 0 aliphatic heterocycles. The van der Waals surface area contributed by atoms with Crippen LogP contribution in [0.2, 0.25) is 0 Å². The zero-order valence-electron chi connectivity index (χ0n) is 14.9. The number of benzene rings is 3. The van der Waals surface area contributed by atoms with Gasteiger partial charge in [0, 0.05) is 17.4 Å². The molecule has 3 aromatic rings. The van der Waals surface area contributed by atoms with E-state index in [1.807, 2.05) is 30.3 Å². The Kier molecular flexibility index (Phi) is 6.10. The fourth-order valence-corrected chi connectivity index (χ4v) is 2.40. The van der Waals surface area contributed by atoms with E-state index in [1.165, 1.54) is 0 Å². The SMILES string of the molecule is NC(=O)Nc1ccc(Oc2cccc(NC(=O)OCc3ccccc3)c2)cc1. The Morgan fingerprint density at radius 1 is 0.786 bits per heavy atom. The molecule has 0 aliphatic rings. The number of carbonyl (C=O) groups excluding carboxylic acids is 2. The van der Waals surface area contributed by atoms with E-state index < -0.39 is 12.1 Å². The molecule has 3 aromatic carbocycles. The normalized spacial score (nSPS) is 10.0. The Bertz CT molecular complexity index is 943. The number of amides is 3. The summed E-state index contributed by atoms with van der Waals surface area (Å²) in [5.41, 5.74) is 7.09. The van der Waals surface area contributed by atoms with Gasteiger partial charge in [-0.05, 0) is 42.0 Å². The van der Waals surface area contributed by atoms with Crippen molar-refractivity contribution >= 4 is 23.5 Å². The third-order valence-electron chi connectivity index (χ3n) is 3.65. The number of rotatable bonds is 6. The summed E-state index contributed by atoms with van der Waals surface area (Å²) in [5, 5.41) is 5.14. The molecule has 7 heteroatoms. The molecule has 0 saturated carbocycles. The van der Waals surface area contributed by atoms with Crippen LogP contribution in [0.1, 0.15) is 5.56 Å². The Morgan fingerprint density at radius 2 is 1.54 bits per heavy atom. The van der Waals surface area contributed by atoms with E-state index >= 15 is 0 Å². The third-order valence-corrected chi connectivity index (χ3v) is 3.65. The summed E-state index contributed by atoms with van der Waals surface area (Å²) in [7, 11) is 0. The van der Waals surface area contributed by atoms with E-state index in [9.17, 15) is 9.59 Å². The third kappa shape index (κ3) is 5.77. The second kappa shape index (κ2) is 9.09. The van der Waals surface area contributed by atoms with Gasteiger partial charge in [-0.3, -0.25) is 5.32 Å². The maximum atomic E-state index is 12.0. The molecule has 28 heavy (non-hydrogen) atoms. The maximum Gasteiger partial charge on any atom is 0.411 e. The van der Waals surface area contributed by atoms with Crippen molar-refractivity contribution in [2.45, 2.75) is 6.61 Å². The van der Waals surface area contributed by atoms with Crippen LogP contribution in [0, 0.1) is 0 Å². The number of anilines is 2. The predicted molar refractivity (Wildman–Crippen MR) is 106 cm³/mol. The van der Waals surface area contributed by atoms with Crippen molar-refractivity contribution in [3.8, 4) is 11.5 Å². The summed E-state index contributed by atoms with van der Waals surface area (Å²) in [6, 6.07) is 22.4. The molecule has 142 valence electrons. The lowest BCUT2D eigenvalue weighted by Gasteiger charge is -2.10. The van der Waals surface area contributed by atoms with Crippen LogP contribution in [-0.4, -0.2) is 12.1 Å². The standard InChI is InChI=1S/C21H19N3O4/c22-20(25)23-16-9-11-18(12-10-16)28-19-8-4-7-17(13-19)24-21(26)27-14-15-5-2-1-3-6-15/h1-13H,14H2,(H,24,26)(H3,22,23,25). The van der Waals surface area contributed by atoms with Gasteiger partial charge < -0.3 is 20.5 Å². The van der Waals surface area contributed by atoms with Gasteiger partial charge >= 0.3 is 12.1 Å². The lowest BCUT2D eigenvalue weighted by molar-refractivity contribution is 0.155. The summed E-state index contributed by atoms with van der Waals surface area (Å²) < 4.78 is 11.0. The van der Waals surface area contributed by atoms with Gasteiger partial charge in [0.25, 0.3) is 0 Å². The maximum absolute atomic E-state index is 12.0. The van der Waals surface area contributed by atoms with Gasteiger partial charge in [-0.2, -0.15) is 0 Å². The Balaban J connectivity index is 1.56. The van der Waals surface area contributed by atoms with Crippen LogP contribution in [0.5, 0.6) is 11.5 Å². The van der Waals surface area contributed by atoms with Gasteiger partial charge in [-0.25, -0.2) is 9.59 Å². The molecule has 0 atom stereocenters. The van der Waals surface area contributed by atoms with Crippen LogP contribution in [0.25, 0.3) is 0 Å². The van der Waals surface area contributed by atoms with Gasteiger partial charge in [0.2, 0.25) is 0 Å². The van der Waals surface area contributed by atoms with Gasteiger partial charge in [0.1, 0.15) is 18.1 Å². The summed E-state index contributed by atoms with van der Waals surface area (Å²) in [6.07, 6.45) is -0.553. The second-order valence-corrected chi connectivity index (χ2v) is 5.83. The van der Waals surface area contributed by atoms with E-state index in [1.54, 1.807) is 48.5 Å². The highest BCUT2D eigenvalue weighted by Crippen LogP contribution is 2.25. The molecule has 7 nitrogen and oxygen atoms in total. The van der Waals surface area contributed by atoms with Crippen molar-refractivity contribution < 1.29 is 19.1 Å². The molecule has 0 unspecified atom stereocenters. The molecule has 0 aliphatic carbocycles. The Morgan fingerprint density at radius 3 is 2.25 bits per heavy atom. The van der Waals surface area contributed by atoms with Crippen LogP contribution >= 0.6 is 0 Å². The summed E-state index contributed by atoms with van der Waals surface area (Å²) >= 11 is 0. The van der Waals surface area contributed by atoms with Crippen molar-refractivity contribution in [2.24, 2.45) is 5.73 Å². The first-order valence-electron chi connectivity index (χ1n) is 8.50. The van der Waals surface area contributed by atoms with E-state index in [4.69, 9.17) is 15.2 Å². The first kappa shape index (κ1) is 18.8. The number of hydrogen-bond acceptors (Lipinski definition) is 4. The molecular weight excluding hydrogens is 358 g/mol. The molecule has 0 fully saturated rings. The summed E-state index contributed by atoms with van der Waals surface area (Å²) in [4.78, 5) is 22.8. The highest BCUT2D eigenvalue weighted by atomic mass is 16.5. The van der Waals surface area contributed by atoms with Crippen LogP contribution < -0.4 is 21.1 Å². The number of hydrogen-bond donors (Lipinski definition) is 3. The molecule has 0 spiro atoms. The number of nitrogens with one attached hydrogen (secondary N) is 2. The molecule has 0 aromatic heterocycles. The topological polar surface area (TPSA) is 103 Å². The predicted octanol–water partition coefficient (Wildman–Crippen LogP) is 4.72. The molecule has 0 saturated heterocycles. The van der Waals surface area contributed by atoms with Crippen molar-refractivity contribution in [1.29, 1.82) is 0 Å². The molecule has 4 N–H and O–H groups in total. The second-order valence-electron chi connectivity index (χ2n) is 5.83. The molecule has 0 radical (unpaired) electrons. The number of urea groups is 1.